The summed E-state index contributed by atoms with van der Waals surface area (Å²) in [5.41, 5.74) is 4.39. The fraction of sp³-hybridized carbons (Fsp3) is 0.0714. The quantitative estimate of drug-likeness (QED) is 0.162. The number of hydrogen-bond donors (Lipinski definition) is 0. The van der Waals surface area contributed by atoms with E-state index in [0.717, 1.165) is 39.8 Å². The number of ether oxygens (including phenoxy) is 2. The number of carbonyl (C=O) groups is 2. The molecule has 0 amide bonds. The van der Waals surface area contributed by atoms with Gasteiger partial charge in [-0.3, -0.25) is 9.59 Å². The smallest absolute Gasteiger partial charge is 0.215 e. The van der Waals surface area contributed by atoms with Crippen LogP contribution in [0.1, 0.15) is 0 Å². The van der Waals surface area contributed by atoms with Crippen molar-refractivity contribution < 1.29 is 19.1 Å². The molecule has 3 rings (SSSR count). The molecular formula is C28H24O4S2. The van der Waals surface area contributed by atoms with E-state index in [4.69, 9.17) is 9.47 Å². The normalized spacial score (nSPS) is 10.6. The predicted molar refractivity (Wildman–Crippen MR) is 143 cm³/mol. The van der Waals surface area contributed by atoms with Gasteiger partial charge in [-0.15, -0.1) is 0 Å². The fourth-order valence-electron chi connectivity index (χ4n) is 2.93. The molecule has 3 aromatic carbocycles. The van der Waals surface area contributed by atoms with Gasteiger partial charge in [-0.25, -0.2) is 0 Å². The van der Waals surface area contributed by atoms with Crippen molar-refractivity contribution in [2.75, 3.05) is 12.4 Å². The average Bonchev–Trinajstić information content (AvgIpc) is 2.89. The third-order valence-corrected chi connectivity index (χ3v) is 6.10. The second-order valence-corrected chi connectivity index (χ2v) is 8.89. The van der Waals surface area contributed by atoms with Crippen LogP contribution < -0.4 is 9.47 Å². The van der Waals surface area contributed by atoms with Gasteiger partial charge in [0.2, 0.25) is 10.2 Å². The van der Waals surface area contributed by atoms with Crippen molar-refractivity contribution in [3.63, 3.8) is 0 Å². The summed E-state index contributed by atoms with van der Waals surface area (Å²) in [5.74, 6) is 2.06. The van der Waals surface area contributed by atoms with Crippen LogP contribution in [0.15, 0.2) is 110 Å². The molecule has 0 aliphatic heterocycles. The molecule has 172 valence electrons. The number of thioether (sulfide) groups is 2. The Kier molecular flexibility index (Phi) is 9.82. The minimum absolute atomic E-state index is 0.0448. The van der Waals surface area contributed by atoms with Crippen LogP contribution in [0, 0.1) is 0 Å². The lowest BCUT2D eigenvalue weighted by atomic mass is 10.0. The molecule has 3 aromatic rings. The van der Waals surface area contributed by atoms with Crippen LogP contribution in [0.3, 0.4) is 0 Å². The van der Waals surface area contributed by atoms with Crippen molar-refractivity contribution in [3.05, 3.63) is 110 Å². The monoisotopic (exact) mass is 488 g/mol. The Morgan fingerprint density at radius 1 is 0.706 bits per heavy atom. The van der Waals surface area contributed by atoms with Gasteiger partial charge in [0.15, 0.2) is 0 Å². The van der Waals surface area contributed by atoms with Crippen molar-refractivity contribution in [3.8, 4) is 33.8 Å². The second kappa shape index (κ2) is 13.3. The lowest BCUT2D eigenvalue weighted by Gasteiger charge is -2.08. The SMILES string of the molecule is C=CC(=O)S/C=C\Oc1ccc(-c2ccc(-c3ccc(OCCSC(=O)C=C)cc3)cc2)cc1. The lowest BCUT2D eigenvalue weighted by molar-refractivity contribution is -0.107. The first-order valence-corrected chi connectivity index (χ1v) is 12.3. The van der Waals surface area contributed by atoms with Crippen LogP contribution in [0.5, 0.6) is 11.5 Å². The molecule has 0 atom stereocenters. The first-order chi connectivity index (χ1) is 16.6. The molecule has 0 spiro atoms. The summed E-state index contributed by atoms with van der Waals surface area (Å²) in [7, 11) is 0. The molecule has 0 aliphatic rings. The van der Waals surface area contributed by atoms with Gasteiger partial charge >= 0.3 is 0 Å². The third-order valence-electron chi connectivity index (χ3n) is 4.63. The van der Waals surface area contributed by atoms with E-state index < -0.39 is 0 Å². The Balaban J connectivity index is 1.54. The summed E-state index contributed by atoms with van der Waals surface area (Å²) < 4.78 is 11.2. The van der Waals surface area contributed by atoms with E-state index in [1.165, 1.54) is 30.2 Å². The molecule has 4 nitrogen and oxygen atoms in total. The van der Waals surface area contributed by atoms with Crippen molar-refractivity contribution in [1.82, 2.24) is 0 Å². The van der Waals surface area contributed by atoms with Gasteiger partial charge < -0.3 is 9.47 Å². The summed E-state index contributed by atoms with van der Waals surface area (Å²) in [6.45, 7) is 7.34. The highest BCUT2D eigenvalue weighted by molar-refractivity contribution is 8.16. The molecule has 0 N–H and O–H groups in total. The zero-order valence-corrected chi connectivity index (χ0v) is 20.1. The summed E-state index contributed by atoms with van der Waals surface area (Å²) in [6.07, 6.45) is 4.05. The Morgan fingerprint density at radius 2 is 1.18 bits per heavy atom. The summed E-state index contributed by atoms with van der Waals surface area (Å²) in [6, 6.07) is 24.0. The van der Waals surface area contributed by atoms with Crippen molar-refractivity contribution in [1.29, 1.82) is 0 Å². The number of hydrogen-bond acceptors (Lipinski definition) is 6. The van der Waals surface area contributed by atoms with Crippen LogP contribution in [0.25, 0.3) is 22.3 Å². The van der Waals surface area contributed by atoms with E-state index in [0.29, 0.717) is 18.1 Å². The minimum Gasteiger partial charge on any atom is -0.493 e. The molecule has 0 radical (unpaired) electrons. The van der Waals surface area contributed by atoms with Crippen molar-refractivity contribution in [2.24, 2.45) is 0 Å². The van der Waals surface area contributed by atoms with Gasteiger partial charge in [0.05, 0.1) is 12.9 Å². The van der Waals surface area contributed by atoms with Crippen LogP contribution in [-0.4, -0.2) is 22.6 Å². The molecule has 0 bridgehead atoms. The molecule has 0 saturated heterocycles. The van der Waals surface area contributed by atoms with Crippen LogP contribution in [0.2, 0.25) is 0 Å². The highest BCUT2D eigenvalue weighted by atomic mass is 32.2. The maximum absolute atomic E-state index is 11.2. The molecule has 0 heterocycles. The van der Waals surface area contributed by atoms with Crippen LogP contribution >= 0.6 is 23.5 Å². The molecular weight excluding hydrogens is 464 g/mol. The van der Waals surface area contributed by atoms with E-state index in [1.54, 1.807) is 5.41 Å². The molecule has 0 saturated carbocycles. The second-order valence-electron chi connectivity index (χ2n) is 6.88. The average molecular weight is 489 g/mol. The molecule has 6 heteroatoms. The van der Waals surface area contributed by atoms with Gasteiger partial charge in [0.25, 0.3) is 0 Å². The zero-order valence-electron chi connectivity index (χ0n) is 18.5. The van der Waals surface area contributed by atoms with Gasteiger partial charge in [-0.1, -0.05) is 85.2 Å². The van der Waals surface area contributed by atoms with Gasteiger partial charge in [-0.2, -0.15) is 0 Å². The van der Waals surface area contributed by atoms with E-state index in [1.807, 2.05) is 48.5 Å². The first kappa shape index (κ1) is 25.1. The zero-order chi connectivity index (χ0) is 24.2. The molecule has 0 aliphatic carbocycles. The predicted octanol–water partition coefficient (Wildman–Crippen LogP) is 7.14. The van der Waals surface area contributed by atoms with Gasteiger partial charge in [0, 0.05) is 11.2 Å². The summed E-state index contributed by atoms with van der Waals surface area (Å²) in [5, 5.41) is 1.41. The maximum Gasteiger partial charge on any atom is 0.215 e. The highest BCUT2D eigenvalue weighted by Gasteiger charge is 2.03. The molecule has 34 heavy (non-hydrogen) atoms. The number of benzene rings is 3. The Labute approximate surface area is 208 Å². The highest BCUT2D eigenvalue weighted by Crippen LogP contribution is 2.27. The van der Waals surface area contributed by atoms with E-state index >= 15 is 0 Å². The van der Waals surface area contributed by atoms with Crippen molar-refractivity contribution >= 4 is 33.8 Å². The summed E-state index contributed by atoms with van der Waals surface area (Å²) >= 11 is 2.21. The first-order valence-electron chi connectivity index (χ1n) is 10.5. The van der Waals surface area contributed by atoms with Crippen LogP contribution in [-0.2, 0) is 9.59 Å². The maximum atomic E-state index is 11.2. The molecule has 0 unspecified atom stereocenters. The van der Waals surface area contributed by atoms with E-state index in [9.17, 15) is 9.59 Å². The molecule has 0 fully saturated rings. The summed E-state index contributed by atoms with van der Waals surface area (Å²) in [4.78, 5) is 22.3. The Bertz CT molecular complexity index is 1150. The van der Waals surface area contributed by atoms with E-state index in [2.05, 4.69) is 37.4 Å². The lowest BCUT2D eigenvalue weighted by Crippen LogP contribution is -2.01. The standard InChI is InChI=1S/C28H24O4S2/c1-3-27(29)33-19-17-31-25-13-9-23(10-14-25)21-5-7-22(8-6-21)24-11-15-26(16-12-24)32-18-20-34-28(30)4-2/h3-17,19H,1-2,18,20H2/b19-17-. The molecule has 0 aromatic heterocycles. The van der Waals surface area contributed by atoms with E-state index in [-0.39, 0.29) is 10.2 Å². The Hall–Kier alpha value is -3.48. The third kappa shape index (κ3) is 7.83. The van der Waals surface area contributed by atoms with Crippen molar-refractivity contribution in [2.45, 2.75) is 0 Å². The Morgan fingerprint density at radius 3 is 1.68 bits per heavy atom. The van der Waals surface area contributed by atoms with Crippen LogP contribution in [0.4, 0.5) is 0 Å². The topological polar surface area (TPSA) is 52.6 Å². The number of carbonyl (C=O) groups excluding carboxylic acids is 2. The van der Waals surface area contributed by atoms with Gasteiger partial charge in [0.1, 0.15) is 11.5 Å². The number of rotatable bonds is 11. The minimum atomic E-state index is -0.129. The van der Waals surface area contributed by atoms with Gasteiger partial charge in [-0.05, 0) is 58.7 Å². The fourth-order valence-corrected chi connectivity index (χ4v) is 3.76. The largest absolute Gasteiger partial charge is 0.493 e.